The van der Waals surface area contributed by atoms with Crippen molar-refractivity contribution in [3.05, 3.63) is 103 Å². The molecule has 1 heterocycles. The topological polar surface area (TPSA) is 81.4 Å². The first kappa shape index (κ1) is 23.7. The highest BCUT2D eigenvalue weighted by molar-refractivity contribution is 9.10. The standard InChI is InChI=1S/C23H24BrN3O4S/c1-5-8-20-21(22(28)26(4)23(29)25(20)3)27(15-17-9-6-7-10-19(17)24)32(30,31)18-13-11-16(2)12-14-18/h5-7,9-14H,1,8,15H2,2-4H3. The van der Waals surface area contributed by atoms with Gasteiger partial charge in [-0.1, -0.05) is 57.9 Å². The number of halogens is 1. The first-order valence-electron chi connectivity index (χ1n) is 9.82. The van der Waals surface area contributed by atoms with Crippen molar-refractivity contribution in [2.45, 2.75) is 24.8 Å². The van der Waals surface area contributed by atoms with Gasteiger partial charge in [-0.2, -0.15) is 0 Å². The summed E-state index contributed by atoms with van der Waals surface area (Å²) in [5, 5.41) is 0. The third-order valence-electron chi connectivity index (χ3n) is 5.23. The van der Waals surface area contributed by atoms with Crippen LogP contribution in [0.3, 0.4) is 0 Å². The molecule has 3 rings (SSSR count). The molecule has 0 aliphatic carbocycles. The summed E-state index contributed by atoms with van der Waals surface area (Å²) in [6, 6.07) is 13.6. The predicted molar refractivity (Wildman–Crippen MR) is 130 cm³/mol. The average molecular weight is 518 g/mol. The summed E-state index contributed by atoms with van der Waals surface area (Å²) < 4.78 is 31.6. The van der Waals surface area contributed by atoms with Crippen LogP contribution >= 0.6 is 15.9 Å². The molecule has 0 fully saturated rings. The second-order valence-corrected chi connectivity index (χ2v) is 10.1. The lowest BCUT2D eigenvalue weighted by atomic mass is 10.2. The van der Waals surface area contributed by atoms with Gasteiger partial charge in [0.05, 0.1) is 17.1 Å². The Morgan fingerprint density at radius 2 is 1.66 bits per heavy atom. The molecule has 0 bridgehead atoms. The minimum absolute atomic E-state index is 0.0515. The Hall–Kier alpha value is -2.91. The summed E-state index contributed by atoms with van der Waals surface area (Å²) in [5.41, 5.74) is 0.550. The van der Waals surface area contributed by atoms with E-state index in [-0.39, 0.29) is 29.2 Å². The van der Waals surface area contributed by atoms with Crippen molar-refractivity contribution in [2.24, 2.45) is 14.1 Å². The fraction of sp³-hybridized carbons (Fsp3) is 0.217. The maximum absolute atomic E-state index is 13.8. The van der Waals surface area contributed by atoms with Gasteiger partial charge in [0.15, 0.2) is 0 Å². The smallest absolute Gasteiger partial charge is 0.298 e. The molecular weight excluding hydrogens is 494 g/mol. The maximum atomic E-state index is 13.8. The molecule has 2 aromatic carbocycles. The van der Waals surface area contributed by atoms with E-state index < -0.39 is 21.3 Å². The molecule has 7 nitrogen and oxygen atoms in total. The fourth-order valence-electron chi connectivity index (χ4n) is 3.39. The van der Waals surface area contributed by atoms with Gasteiger partial charge in [0.25, 0.3) is 15.6 Å². The van der Waals surface area contributed by atoms with Crippen molar-refractivity contribution in [3.63, 3.8) is 0 Å². The molecule has 0 saturated heterocycles. The minimum atomic E-state index is -4.15. The lowest BCUT2D eigenvalue weighted by Crippen LogP contribution is -2.45. The van der Waals surface area contributed by atoms with Crippen LogP contribution in [0.15, 0.2) is 80.1 Å². The number of hydrogen-bond acceptors (Lipinski definition) is 4. The molecule has 3 aromatic rings. The molecule has 0 amide bonds. The van der Waals surface area contributed by atoms with Crippen LogP contribution in [0.25, 0.3) is 0 Å². The van der Waals surface area contributed by atoms with Gasteiger partial charge in [-0.15, -0.1) is 6.58 Å². The zero-order chi connectivity index (χ0) is 23.6. The Kier molecular flexibility index (Phi) is 6.90. The number of anilines is 1. The Morgan fingerprint density at radius 3 is 2.25 bits per heavy atom. The highest BCUT2D eigenvalue weighted by Gasteiger charge is 2.31. The normalized spacial score (nSPS) is 11.4. The molecule has 9 heteroatoms. The fourth-order valence-corrected chi connectivity index (χ4v) is 5.27. The van der Waals surface area contributed by atoms with Crippen molar-refractivity contribution in [3.8, 4) is 0 Å². The molecule has 0 atom stereocenters. The lowest BCUT2D eigenvalue weighted by Gasteiger charge is -2.27. The first-order chi connectivity index (χ1) is 15.1. The third-order valence-corrected chi connectivity index (χ3v) is 7.76. The maximum Gasteiger partial charge on any atom is 0.330 e. The number of allylic oxidation sites excluding steroid dienone is 1. The van der Waals surface area contributed by atoms with E-state index in [4.69, 9.17) is 0 Å². The van der Waals surface area contributed by atoms with Gasteiger partial charge >= 0.3 is 5.69 Å². The van der Waals surface area contributed by atoms with E-state index in [0.29, 0.717) is 10.0 Å². The van der Waals surface area contributed by atoms with Crippen molar-refractivity contribution in [1.82, 2.24) is 9.13 Å². The van der Waals surface area contributed by atoms with Crippen molar-refractivity contribution in [2.75, 3.05) is 4.31 Å². The van der Waals surface area contributed by atoms with Crippen molar-refractivity contribution >= 4 is 31.6 Å². The number of aromatic nitrogens is 2. The van der Waals surface area contributed by atoms with Gasteiger partial charge in [0.1, 0.15) is 5.69 Å². The Labute approximate surface area is 195 Å². The molecule has 0 N–H and O–H groups in total. The monoisotopic (exact) mass is 517 g/mol. The molecular formula is C23H24BrN3O4S. The minimum Gasteiger partial charge on any atom is -0.298 e. The third kappa shape index (κ3) is 4.35. The summed E-state index contributed by atoms with van der Waals surface area (Å²) in [7, 11) is -1.30. The number of aryl methyl sites for hydroxylation is 1. The van der Waals surface area contributed by atoms with Crippen LogP contribution in [-0.2, 0) is 37.1 Å². The summed E-state index contributed by atoms with van der Waals surface area (Å²) in [5.74, 6) is 0. The quantitative estimate of drug-likeness (QED) is 0.450. The molecule has 1 aromatic heterocycles. The first-order valence-corrected chi connectivity index (χ1v) is 12.1. The van der Waals surface area contributed by atoms with E-state index in [0.717, 1.165) is 14.4 Å². The van der Waals surface area contributed by atoms with Crippen LogP contribution in [0, 0.1) is 6.92 Å². The molecule has 0 aliphatic heterocycles. The average Bonchev–Trinajstić information content (AvgIpc) is 2.76. The molecule has 168 valence electrons. The summed E-state index contributed by atoms with van der Waals surface area (Å²) in [6.45, 7) is 5.47. The number of rotatable bonds is 7. The van der Waals surface area contributed by atoms with Crippen LogP contribution in [0.4, 0.5) is 5.69 Å². The Bertz CT molecular complexity index is 1390. The van der Waals surface area contributed by atoms with Gasteiger partial charge in [-0.3, -0.25) is 18.2 Å². The number of sulfonamides is 1. The van der Waals surface area contributed by atoms with Gasteiger partial charge in [-0.25, -0.2) is 13.2 Å². The van der Waals surface area contributed by atoms with Gasteiger partial charge < -0.3 is 0 Å². The van der Waals surface area contributed by atoms with Crippen molar-refractivity contribution < 1.29 is 8.42 Å². The van der Waals surface area contributed by atoms with E-state index in [9.17, 15) is 18.0 Å². The number of nitrogens with zero attached hydrogens (tertiary/aromatic N) is 3. The Morgan fingerprint density at radius 1 is 1.03 bits per heavy atom. The van der Waals surface area contributed by atoms with Gasteiger partial charge in [-0.05, 0) is 30.7 Å². The highest BCUT2D eigenvalue weighted by Crippen LogP contribution is 2.28. The molecule has 0 unspecified atom stereocenters. The molecule has 0 aliphatic rings. The zero-order valence-corrected chi connectivity index (χ0v) is 20.5. The second-order valence-electron chi connectivity index (χ2n) is 7.41. The van der Waals surface area contributed by atoms with Crippen LogP contribution in [0.2, 0.25) is 0 Å². The van der Waals surface area contributed by atoms with E-state index in [2.05, 4.69) is 22.5 Å². The van der Waals surface area contributed by atoms with E-state index in [1.54, 1.807) is 30.3 Å². The van der Waals surface area contributed by atoms with Crippen LogP contribution in [0.5, 0.6) is 0 Å². The van der Waals surface area contributed by atoms with Gasteiger partial charge in [0, 0.05) is 25.0 Å². The van der Waals surface area contributed by atoms with E-state index in [1.807, 2.05) is 13.0 Å². The van der Waals surface area contributed by atoms with Crippen LogP contribution < -0.4 is 15.6 Å². The van der Waals surface area contributed by atoms with E-state index >= 15 is 0 Å². The SMILES string of the molecule is C=CCc1c(N(Cc2ccccc2Br)S(=O)(=O)c2ccc(C)cc2)c(=O)n(C)c(=O)n1C. The van der Waals surface area contributed by atoms with Gasteiger partial charge in [0.2, 0.25) is 0 Å². The summed E-state index contributed by atoms with van der Waals surface area (Å²) in [6.07, 6.45) is 1.68. The predicted octanol–water partition coefficient (Wildman–Crippen LogP) is 3.28. The summed E-state index contributed by atoms with van der Waals surface area (Å²) >= 11 is 3.46. The van der Waals surface area contributed by atoms with Crippen LogP contribution in [0.1, 0.15) is 16.8 Å². The zero-order valence-electron chi connectivity index (χ0n) is 18.1. The van der Waals surface area contributed by atoms with Crippen LogP contribution in [-0.4, -0.2) is 17.6 Å². The second kappa shape index (κ2) is 9.30. The highest BCUT2D eigenvalue weighted by atomic mass is 79.9. The summed E-state index contributed by atoms with van der Waals surface area (Å²) in [4.78, 5) is 25.9. The largest absolute Gasteiger partial charge is 0.330 e. The molecule has 32 heavy (non-hydrogen) atoms. The molecule has 0 radical (unpaired) electrons. The molecule has 0 saturated carbocycles. The lowest BCUT2D eigenvalue weighted by molar-refractivity contribution is 0.587. The van der Waals surface area contributed by atoms with E-state index in [1.165, 1.54) is 36.9 Å². The van der Waals surface area contributed by atoms with Crippen molar-refractivity contribution in [1.29, 1.82) is 0 Å². The Balaban J connectivity index is 2.37. The molecule has 0 spiro atoms. The number of hydrogen-bond donors (Lipinski definition) is 0. The number of benzene rings is 2.